The van der Waals surface area contributed by atoms with Crippen molar-refractivity contribution < 1.29 is 14.3 Å². The number of esters is 1. The number of ether oxygens (including phenoxy) is 1. The van der Waals surface area contributed by atoms with Crippen LogP contribution < -0.4 is 5.32 Å². The second-order valence-electron chi connectivity index (χ2n) is 3.67. The van der Waals surface area contributed by atoms with Crippen molar-refractivity contribution in [3.63, 3.8) is 0 Å². The smallest absolute Gasteiger partial charge is 0.339 e. The minimum atomic E-state index is -0.403. The molecule has 1 fully saturated rings. The molecule has 1 aromatic heterocycles. The summed E-state index contributed by atoms with van der Waals surface area (Å²) in [5.74, 6) is -0.247. The first kappa shape index (κ1) is 10.6. The van der Waals surface area contributed by atoms with Gasteiger partial charge in [-0.25, -0.2) is 4.79 Å². The molecular weight excluding hydrogens is 208 g/mol. The highest BCUT2D eigenvalue weighted by atomic mass is 16.5. The van der Waals surface area contributed by atoms with E-state index in [-0.39, 0.29) is 11.8 Å². The molecule has 1 atom stereocenters. The summed E-state index contributed by atoms with van der Waals surface area (Å²) in [6.07, 6.45) is 1.94. The summed E-state index contributed by atoms with van der Waals surface area (Å²) >= 11 is 0. The highest BCUT2D eigenvalue weighted by Crippen LogP contribution is 2.21. The maximum atomic E-state index is 11.2. The zero-order valence-corrected chi connectivity index (χ0v) is 8.90. The standard InChI is InChI=1S/C11H12N2O3/c1-16-11(15)7-2-3-9(12-5-7)8-4-10(14)13-6-8/h2-3,5,8H,4,6H2,1H3,(H,13,14). The molecule has 1 saturated heterocycles. The summed E-state index contributed by atoms with van der Waals surface area (Å²) < 4.78 is 4.57. The van der Waals surface area contributed by atoms with Gasteiger partial charge < -0.3 is 10.1 Å². The molecule has 5 heteroatoms. The Balaban J connectivity index is 2.13. The van der Waals surface area contributed by atoms with Gasteiger partial charge in [0.1, 0.15) is 0 Å². The molecule has 0 saturated carbocycles. The van der Waals surface area contributed by atoms with Crippen molar-refractivity contribution in [1.29, 1.82) is 0 Å². The van der Waals surface area contributed by atoms with Gasteiger partial charge in [0.25, 0.3) is 0 Å². The lowest BCUT2D eigenvalue weighted by atomic mass is 10.0. The third-order valence-electron chi connectivity index (χ3n) is 2.60. The van der Waals surface area contributed by atoms with E-state index >= 15 is 0 Å². The van der Waals surface area contributed by atoms with E-state index in [0.717, 1.165) is 5.69 Å². The van der Waals surface area contributed by atoms with Crippen LogP contribution in [0.25, 0.3) is 0 Å². The Morgan fingerprint density at radius 3 is 2.88 bits per heavy atom. The molecule has 1 aliphatic rings. The van der Waals surface area contributed by atoms with Crippen molar-refractivity contribution in [2.45, 2.75) is 12.3 Å². The molecule has 1 amide bonds. The summed E-state index contributed by atoms with van der Waals surface area (Å²) in [5, 5.41) is 2.75. The summed E-state index contributed by atoms with van der Waals surface area (Å²) in [5.41, 5.74) is 1.24. The van der Waals surface area contributed by atoms with Gasteiger partial charge in [-0.15, -0.1) is 0 Å². The number of nitrogens with zero attached hydrogens (tertiary/aromatic N) is 1. The van der Waals surface area contributed by atoms with Crippen LogP contribution >= 0.6 is 0 Å². The minimum Gasteiger partial charge on any atom is -0.465 e. The fraction of sp³-hybridized carbons (Fsp3) is 0.364. The predicted octanol–water partition coefficient (Wildman–Crippen LogP) is 0.472. The van der Waals surface area contributed by atoms with E-state index in [0.29, 0.717) is 18.5 Å². The van der Waals surface area contributed by atoms with Crippen molar-refractivity contribution in [3.05, 3.63) is 29.6 Å². The second kappa shape index (κ2) is 4.30. The van der Waals surface area contributed by atoms with Crippen molar-refractivity contribution in [3.8, 4) is 0 Å². The number of pyridine rings is 1. The first-order valence-electron chi connectivity index (χ1n) is 5.01. The molecule has 0 bridgehead atoms. The lowest BCUT2D eigenvalue weighted by Gasteiger charge is -2.06. The van der Waals surface area contributed by atoms with Crippen LogP contribution in [0, 0.1) is 0 Å². The van der Waals surface area contributed by atoms with Crippen molar-refractivity contribution in [2.24, 2.45) is 0 Å². The molecule has 1 N–H and O–H groups in total. The van der Waals surface area contributed by atoms with Gasteiger partial charge in [0, 0.05) is 30.8 Å². The topological polar surface area (TPSA) is 68.3 Å². The molecule has 0 radical (unpaired) electrons. The Bertz CT molecular complexity index is 414. The molecule has 1 aliphatic heterocycles. The highest BCUT2D eigenvalue weighted by Gasteiger charge is 2.24. The van der Waals surface area contributed by atoms with Crippen LogP contribution in [-0.4, -0.2) is 30.5 Å². The summed E-state index contributed by atoms with van der Waals surface area (Å²) in [6, 6.07) is 3.42. The Morgan fingerprint density at radius 1 is 1.56 bits per heavy atom. The second-order valence-corrected chi connectivity index (χ2v) is 3.67. The number of hydrogen-bond acceptors (Lipinski definition) is 4. The van der Waals surface area contributed by atoms with E-state index < -0.39 is 5.97 Å². The first-order chi connectivity index (χ1) is 7.70. The van der Waals surface area contributed by atoms with Gasteiger partial charge >= 0.3 is 5.97 Å². The Hall–Kier alpha value is -1.91. The number of rotatable bonds is 2. The van der Waals surface area contributed by atoms with E-state index in [1.54, 1.807) is 12.1 Å². The first-order valence-corrected chi connectivity index (χ1v) is 5.01. The highest BCUT2D eigenvalue weighted by molar-refractivity contribution is 5.88. The molecule has 1 unspecified atom stereocenters. The summed E-state index contributed by atoms with van der Waals surface area (Å²) in [6.45, 7) is 0.614. The average Bonchev–Trinajstić information content (AvgIpc) is 2.75. The lowest BCUT2D eigenvalue weighted by molar-refractivity contribution is -0.119. The summed E-state index contributed by atoms with van der Waals surface area (Å²) in [4.78, 5) is 26.4. The van der Waals surface area contributed by atoms with Gasteiger partial charge in [0.15, 0.2) is 0 Å². The largest absolute Gasteiger partial charge is 0.465 e. The Labute approximate surface area is 92.8 Å². The molecule has 0 aliphatic carbocycles. The maximum Gasteiger partial charge on any atom is 0.339 e. The van der Waals surface area contributed by atoms with Gasteiger partial charge in [-0.05, 0) is 12.1 Å². The molecule has 2 heterocycles. The monoisotopic (exact) mass is 220 g/mol. The van der Waals surface area contributed by atoms with E-state index in [4.69, 9.17) is 0 Å². The van der Waals surface area contributed by atoms with Crippen LogP contribution in [0.3, 0.4) is 0 Å². The molecule has 2 rings (SSSR count). The van der Waals surface area contributed by atoms with E-state index in [2.05, 4.69) is 15.0 Å². The molecule has 16 heavy (non-hydrogen) atoms. The van der Waals surface area contributed by atoms with Crippen LogP contribution in [0.1, 0.15) is 28.4 Å². The van der Waals surface area contributed by atoms with E-state index in [1.165, 1.54) is 13.3 Å². The van der Waals surface area contributed by atoms with Crippen LogP contribution in [0.4, 0.5) is 0 Å². The van der Waals surface area contributed by atoms with Gasteiger partial charge in [0.2, 0.25) is 5.91 Å². The molecule has 1 aromatic rings. The van der Waals surface area contributed by atoms with Gasteiger partial charge in [-0.3, -0.25) is 9.78 Å². The van der Waals surface area contributed by atoms with Gasteiger partial charge in [-0.1, -0.05) is 0 Å². The van der Waals surface area contributed by atoms with Crippen molar-refractivity contribution in [1.82, 2.24) is 10.3 Å². The van der Waals surface area contributed by atoms with E-state index in [9.17, 15) is 9.59 Å². The van der Waals surface area contributed by atoms with Crippen LogP contribution in [0.15, 0.2) is 18.3 Å². The number of carbonyl (C=O) groups is 2. The number of aromatic nitrogens is 1. The molecule has 0 aromatic carbocycles. The SMILES string of the molecule is COC(=O)c1ccc(C2CNC(=O)C2)nc1. The third-order valence-corrected chi connectivity index (χ3v) is 2.60. The zero-order chi connectivity index (χ0) is 11.5. The number of amides is 1. The number of methoxy groups -OCH3 is 1. The fourth-order valence-corrected chi connectivity index (χ4v) is 1.70. The maximum absolute atomic E-state index is 11.2. The van der Waals surface area contributed by atoms with Crippen molar-refractivity contribution in [2.75, 3.05) is 13.7 Å². The van der Waals surface area contributed by atoms with Gasteiger partial charge in [-0.2, -0.15) is 0 Å². The molecular formula is C11H12N2O3. The normalized spacial score (nSPS) is 19.3. The average molecular weight is 220 g/mol. The van der Waals surface area contributed by atoms with E-state index in [1.807, 2.05) is 0 Å². The number of hydrogen-bond donors (Lipinski definition) is 1. The Morgan fingerprint density at radius 2 is 2.38 bits per heavy atom. The molecule has 5 nitrogen and oxygen atoms in total. The van der Waals surface area contributed by atoms with Crippen LogP contribution in [-0.2, 0) is 9.53 Å². The lowest BCUT2D eigenvalue weighted by Crippen LogP contribution is -2.13. The van der Waals surface area contributed by atoms with Gasteiger partial charge in [0.05, 0.1) is 12.7 Å². The fourth-order valence-electron chi connectivity index (χ4n) is 1.70. The molecule has 0 spiro atoms. The summed E-state index contributed by atoms with van der Waals surface area (Å²) in [7, 11) is 1.33. The number of nitrogens with one attached hydrogen (secondary N) is 1. The predicted molar refractivity (Wildman–Crippen MR) is 55.9 cm³/mol. The molecule has 84 valence electrons. The quantitative estimate of drug-likeness (QED) is 0.736. The minimum absolute atomic E-state index is 0.0452. The Kier molecular flexibility index (Phi) is 2.85. The van der Waals surface area contributed by atoms with Crippen LogP contribution in [0.5, 0.6) is 0 Å². The number of carbonyl (C=O) groups excluding carboxylic acids is 2. The third kappa shape index (κ3) is 2.03. The zero-order valence-electron chi connectivity index (χ0n) is 8.90. The van der Waals surface area contributed by atoms with Crippen LogP contribution in [0.2, 0.25) is 0 Å². The van der Waals surface area contributed by atoms with Crippen molar-refractivity contribution >= 4 is 11.9 Å².